The molecule has 1 heterocycles. The van der Waals surface area contributed by atoms with E-state index in [0.717, 1.165) is 17.0 Å². The van der Waals surface area contributed by atoms with Gasteiger partial charge in [0.05, 0.1) is 31.5 Å². The minimum absolute atomic E-state index is 0.0600. The zero-order chi connectivity index (χ0) is 30.1. The van der Waals surface area contributed by atoms with E-state index in [-0.39, 0.29) is 24.3 Å². The summed E-state index contributed by atoms with van der Waals surface area (Å²) >= 11 is 0. The van der Waals surface area contributed by atoms with E-state index >= 15 is 0 Å². The van der Waals surface area contributed by atoms with Crippen LogP contribution in [0.3, 0.4) is 0 Å². The van der Waals surface area contributed by atoms with Crippen LogP contribution < -0.4 is 24.6 Å². The molecule has 1 fully saturated rings. The number of methoxy groups -OCH3 is 1. The second-order valence-corrected chi connectivity index (χ2v) is 11.6. The molecular formula is C31H38N4O6S. The first-order chi connectivity index (χ1) is 20.2. The third-order valence-electron chi connectivity index (χ3n) is 7.07. The summed E-state index contributed by atoms with van der Waals surface area (Å²) in [5.74, 6) is -0.0795. The van der Waals surface area contributed by atoms with E-state index < -0.39 is 27.9 Å². The summed E-state index contributed by atoms with van der Waals surface area (Å²) in [6.45, 7) is 6.23. The van der Waals surface area contributed by atoms with Crippen LogP contribution in [0.4, 0.5) is 17.1 Å². The molecule has 11 heteroatoms. The van der Waals surface area contributed by atoms with Gasteiger partial charge in [-0.15, -0.1) is 0 Å². The number of rotatable bonds is 12. The standard InChI is InChI=1S/C31H38N4O6S/c1-4-41-31(37)17-16-30(36)32-25-14-15-27(29(22-25)42(38,39)33-23(2)24-10-6-5-7-11-24)35-20-18-34(19-21-35)26-12-8-9-13-28(26)40-3/h5-15,22-23,33H,4,16-21H2,1-3H3,(H,32,36)/t23-/m0/s1. The lowest BCUT2D eigenvalue weighted by atomic mass is 10.1. The largest absolute Gasteiger partial charge is 0.495 e. The van der Waals surface area contributed by atoms with E-state index in [0.29, 0.717) is 37.6 Å². The summed E-state index contributed by atoms with van der Waals surface area (Å²) in [5.41, 5.74) is 2.70. The molecule has 0 unspecified atom stereocenters. The second-order valence-electron chi connectivity index (χ2n) is 9.94. The van der Waals surface area contributed by atoms with Crippen LogP contribution in [0.5, 0.6) is 5.75 Å². The minimum Gasteiger partial charge on any atom is -0.495 e. The van der Waals surface area contributed by atoms with E-state index in [1.54, 1.807) is 33.1 Å². The maximum atomic E-state index is 13.8. The van der Waals surface area contributed by atoms with Crippen LogP contribution in [-0.4, -0.2) is 60.2 Å². The quantitative estimate of drug-likeness (QED) is 0.298. The molecule has 1 aliphatic rings. The van der Waals surface area contributed by atoms with Crippen molar-refractivity contribution >= 4 is 39.0 Å². The van der Waals surface area contributed by atoms with Crippen molar-refractivity contribution in [1.29, 1.82) is 0 Å². The lowest BCUT2D eigenvalue weighted by Crippen LogP contribution is -2.47. The fraction of sp³-hybridized carbons (Fsp3) is 0.355. The Morgan fingerprint density at radius 2 is 1.52 bits per heavy atom. The Morgan fingerprint density at radius 1 is 0.881 bits per heavy atom. The number of anilines is 3. The fourth-order valence-corrected chi connectivity index (χ4v) is 6.41. The zero-order valence-electron chi connectivity index (χ0n) is 24.2. The molecular weight excluding hydrogens is 556 g/mol. The van der Waals surface area contributed by atoms with Crippen molar-refractivity contribution in [3.05, 3.63) is 78.4 Å². The fourth-order valence-electron chi connectivity index (χ4n) is 4.93. The van der Waals surface area contributed by atoms with Crippen LogP contribution in [-0.2, 0) is 24.3 Å². The van der Waals surface area contributed by atoms with Gasteiger partial charge in [0.15, 0.2) is 0 Å². The number of nitrogens with one attached hydrogen (secondary N) is 2. The van der Waals surface area contributed by atoms with Gasteiger partial charge in [-0.3, -0.25) is 9.59 Å². The average Bonchev–Trinajstić information content (AvgIpc) is 3.00. The third kappa shape index (κ3) is 7.80. The number of benzene rings is 3. The predicted octanol–water partition coefficient (Wildman–Crippen LogP) is 4.34. The Balaban J connectivity index is 1.57. The summed E-state index contributed by atoms with van der Waals surface area (Å²) < 4.78 is 40.9. The molecule has 2 N–H and O–H groups in total. The van der Waals surface area contributed by atoms with Gasteiger partial charge in [0.2, 0.25) is 15.9 Å². The Labute approximate surface area is 247 Å². The lowest BCUT2D eigenvalue weighted by molar-refractivity contribution is -0.144. The first-order valence-corrected chi connectivity index (χ1v) is 15.5. The van der Waals surface area contributed by atoms with Crippen molar-refractivity contribution in [2.24, 2.45) is 0 Å². The van der Waals surface area contributed by atoms with Gasteiger partial charge in [-0.05, 0) is 49.7 Å². The molecule has 0 aliphatic carbocycles. The van der Waals surface area contributed by atoms with E-state index in [9.17, 15) is 18.0 Å². The number of carbonyl (C=O) groups is 2. The van der Waals surface area contributed by atoms with Crippen molar-refractivity contribution < 1.29 is 27.5 Å². The molecule has 0 saturated carbocycles. The lowest BCUT2D eigenvalue weighted by Gasteiger charge is -2.38. The van der Waals surface area contributed by atoms with E-state index in [2.05, 4.69) is 14.9 Å². The maximum Gasteiger partial charge on any atom is 0.306 e. The minimum atomic E-state index is -4.01. The first kappa shape index (κ1) is 30.9. The van der Waals surface area contributed by atoms with E-state index in [1.165, 1.54) is 6.07 Å². The van der Waals surface area contributed by atoms with Crippen LogP contribution in [0.15, 0.2) is 77.7 Å². The smallest absolute Gasteiger partial charge is 0.306 e. The molecule has 10 nitrogen and oxygen atoms in total. The molecule has 3 aromatic carbocycles. The monoisotopic (exact) mass is 594 g/mol. The number of esters is 1. The Kier molecular flexibility index (Phi) is 10.4. The Morgan fingerprint density at radius 3 is 2.19 bits per heavy atom. The van der Waals surface area contributed by atoms with Gasteiger partial charge >= 0.3 is 5.97 Å². The number of sulfonamides is 1. The van der Waals surface area contributed by atoms with E-state index in [1.807, 2.05) is 59.5 Å². The van der Waals surface area contributed by atoms with Crippen molar-refractivity contribution in [3.8, 4) is 5.75 Å². The predicted molar refractivity (Wildman–Crippen MR) is 164 cm³/mol. The van der Waals surface area contributed by atoms with Crippen LogP contribution in [0.1, 0.15) is 38.3 Å². The van der Waals surface area contributed by atoms with Gasteiger partial charge in [0.1, 0.15) is 10.6 Å². The number of hydrogen-bond acceptors (Lipinski definition) is 8. The number of para-hydroxylation sites is 2. The third-order valence-corrected chi connectivity index (χ3v) is 8.64. The van der Waals surface area contributed by atoms with Crippen molar-refractivity contribution in [2.75, 3.05) is 55.0 Å². The SMILES string of the molecule is CCOC(=O)CCC(=O)Nc1ccc(N2CCN(c3ccccc3OC)CC2)c(S(=O)(=O)N[C@@H](C)c2ccccc2)c1. The van der Waals surface area contributed by atoms with Gasteiger partial charge < -0.3 is 24.6 Å². The van der Waals surface area contributed by atoms with Gasteiger partial charge in [0, 0.05) is 44.3 Å². The number of carbonyl (C=O) groups excluding carboxylic acids is 2. The zero-order valence-corrected chi connectivity index (χ0v) is 25.0. The first-order valence-electron chi connectivity index (χ1n) is 14.0. The van der Waals surface area contributed by atoms with Crippen molar-refractivity contribution in [3.63, 3.8) is 0 Å². The van der Waals surface area contributed by atoms with Gasteiger partial charge in [-0.25, -0.2) is 13.1 Å². The molecule has 0 radical (unpaired) electrons. The number of nitrogens with zero attached hydrogens (tertiary/aromatic N) is 2. The molecule has 0 bridgehead atoms. The highest BCUT2D eigenvalue weighted by Gasteiger charge is 2.28. The van der Waals surface area contributed by atoms with Crippen molar-refractivity contribution in [2.45, 2.75) is 37.6 Å². The molecule has 4 rings (SSSR count). The Bertz CT molecular complexity index is 1470. The van der Waals surface area contributed by atoms with Crippen molar-refractivity contribution in [1.82, 2.24) is 4.72 Å². The highest BCUT2D eigenvalue weighted by molar-refractivity contribution is 7.89. The van der Waals surface area contributed by atoms with Gasteiger partial charge in [0.25, 0.3) is 0 Å². The molecule has 1 amide bonds. The second kappa shape index (κ2) is 14.2. The topological polar surface area (TPSA) is 117 Å². The molecule has 224 valence electrons. The summed E-state index contributed by atoms with van der Waals surface area (Å²) in [7, 11) is -2.36. The molecule has 1 saturated heterocycles. The van der Waals surface area contributed by atoms with Crippen LogP contribution in [0.2, 0.25) is 0 Å². The van der Waals surface area contributed by atoms with Crippen LogP contribution >= 0.6 is 0 Å². The molecule has 0 aromatic heterocycles. The molecule has 1 aliphatic heterocycles. The highest BCUT2D eigenvalue weighted by atomic mass is 32.2. The normalized spacial score (nSPS) is 14.3. The molecule has 3 aromatic rings. The summed E-state index contributed by atoms with van der Waals surface area (Å²) in [5, 5.41) is 2.73. The van der Waals surface area contributed by atoms with Crippen LogP contribution in [0.25, 0.3) is 0 Å². The number of piperazine rings is 1. The molecule has 0 spiro atoms. The van der Waals surface area contributed by atoms with Gasteiger partial charge in [-0.2, -0.15) is 0 Å². The maximum absolute atomic E-state index is 13.8. The average molecular weight is 595 g/mol. The Hall–Kier alpha value is -4.09. The highest BCUT2D eigenvalue weighted by Crippen LogP contribution is 2.33. The summed E-state index contributed by atoms with van der Waals surface area (Å²) in [6, 6.07) is 21.6. The summed E-state index contributed by atoms with van der Waals surface area (Å²) in [6.07, 6.45) is -0.133. The number of ether oxygens (including phenoxy) is 2. The van der Waals surface area contributed by atoms with Gasteiger partial charge in [-0.1, -0.05) is 42.5 Å². The summed E-state index contributed by atoms with van der Waals surface area (Å²) in [4.78, 5) is 28.5. The number of amides is 1. The molecule has 1 atom stereocenters. The molecule has 42 heavy (non-hydrogen) atoms. The van der Waals surface area contributed by atoms with E-state index in [4.69, 9.17) is 9.47 Å². The van der Waals surface area contributed by atoms with Crippen LogP contribution in [0, 0.1) is 0 Å². The number of hydrogen-bond donors (Lipinski definition) is 2.